The summed E-state index contributed by atoms with van der Waals surface area (Å²) in [5.41, 5.74) is -0.573. The molecular weight excluding hydrogens is 260 g/mol. The zero-order valence-corrected chi connectivity index (χ0v) is 14.3. The Morgan fingerprint density at radius 1 is 1.14 bits per heavy atom. The van der Waals surface area contributed by atoms with Crippen molar-refractivity contribution in [1.82, 2.24) is 10.6 Å². The minimum Gasteiger partial charge on any atom is -0.389 e. The number of piperidine rings is 1. The molecule has 0 bridgehead atoms. The van der Waals surface area contributed by atoms with Gasteiger partial charge in [0.1, 0.15) is 0 Å². The molecule has 0 aromatic heterocycles. The summed E-state index contributed by atoms with van der Waals surface area (Å²) in [6.07, 6.45) is 10.3. The molecule has 0 radical (unpaired) electrons. The van der Waals surface area contributed by atoms with Gasteiger partial charge in [0.15, 0.2) is 0 Å². The molecule has 2 fully saturated rings. The van der Waals surface area contributed by atoms with Gasteiger partial charge in [-0.1, -0.05) is 33.1 Å². The lowest BCUT2D eigenvalue weighted by molar-refractivity contribution is 0.0299. The second kappa shape index (κ2) is 7.94. The van der Waals surface area contributed by atoms with Crippen LogP contribution in [-0.2, 0) is 0 Å². The third-order valence-corrected chi connectivity index (χ3v) is 5.28. The van der Waals surface area contributed by atoms with Crippen molar-refractivity contribution in [3.05, 3.63) is 0 Å². The highest BCUT2D eigenvalue weighted by atomic mass is 16.3. The predicted octanol–water partition coefficient (Wildman–Crippen LogP) is 3.07. The van der Waals surface area contributed by atoms with Crippen LogP contribution in [-0.4, -0.2) is 35.9 Å². The number of hydrogen-bond donors (Lipinski definition) is 3. The molecule has 3 heteroatoms. The van der Waals surface area contributed by atoms with Gasteiger partial charge >= 0.3 is 0 Å². The first kappa shape index (κ1) is 17.2. The van der Waals surface area contributed by atoms with Gasteiger partial charge in [-0.15, -0.1) is 0 Å². The third-order valence-electron chi connectivity index (χ3n) is 5.28. The van der Waals surface area contributed by atoms with Crippen LogP contribution in [0.4, 0.5) is 0 Å². The smallest absolute Gasteiger partial charge is 0.0746 e. The molecule has 21 heavy (non-hydrogen) atoms. The Morgan fingerprint density at radius 3 is 2.52 bits per heavy atom. The second-order valence-corrected chi connectivity index (χ2v) is 8.09. The zero-order valence-electron chi connectivity index (χ0n) is 14.3. The van der Waals surface area contributed by atoms with E-state index >= 15 is 0 Å². The van der Waals surface area contributed by atoms with Crippen LogP contribution >= 0.6 is 0 Å². The predicted molar refractivity (Wildman–Crippen MR) is 89.5 cm³/mol. The molecule has 0 spiro atoms. The second-order valence-electron chi connectivity index (χ2n) is 8.09. The molecule has 4 atom stereocenters. The van der Waals surface area contributed by atoms with Gasteiger partial charge in [0.2, 0.25) is 0 Å². The number of hydrogen-bond acceptors (Lipinski definition) is 3. The van der Waals surface area contributed by atoms with Gasteiger partial charge in [-0.25, -0.2) is 0 Å². The van der Waals surface area contributed by atoms with E-state index in [1.165, 1.54) is 51.5 Å². The maximum absolute atomic E-state index is 10.5. The van der Waals surface area contributed by atoms with Gasteiger partial charge in [0, 0.05) is 18.6 Å². The Balaban J connectivity index is 1.86. The standard InChI is InChI=1S/C18H36N2O/c1-14(2)12-18(3,21)13-20-17-9-5-4-8-15(17)16-10-6-7-11-19-16/h14-17,19-21H,4-13H2,1-3H3. The van der Waals surface area contributed by atoms with Crippen LogP contribution in [0.5, 0.6) is 0 Å². The number of nitrogens with one attached hydrogen (secondary N) is 2. The zero-order chi connectivity index (χ0) is 15.3. The summed E-state index contributed by atoms with van der Waals surface area (Å²) in [4.78, 5) is 0. The highest BCUT2D eigenvalue weighted by molar-refractivity contribution is 4.92. The molecule has 4 unspecified atom stereocenters. The fourth-order valence-corrected chi connectivity index (χ4v) is 4.44. The maximum Gasteiger partial charge on any atom is 0.0746 e. The maximum atomic E-state index is 10.5. The van der Waals surface area contributed by atoms with Crippen molar-refractivity contribution in [3.63, 3.8) is 0 Å². The van der Waals surface area contributed by atoms with E-state index in [0.29, 0.717) is 18.0 Å². The minimum atomic E-state index is -0.573. The van der Waals surface area contributed by atoms with E-state index in [2.05, 4.69) is 24.5 Å². The Morgan fingerprint density at radius 2 is 1.86 bits per heavy atom. The molecule has 1 aliphatic carbocycles. The van der Waals surface area contributed by atoms with Gasteiger partial charge < -0.3 is 15.7 Å². The molecule has 1 saturated heterocycles. The Hall–Kier alpha value is -0.120. The lowest BCUT2D eigenvalue weighted by Crippen LogP contribution is -2.53. The van der Waals surface area contributed by atoms with Crippen molar-refractivity contribution in [3.8, 4) is 0 Å². The summed E-state index contributed by atoms with van der Waals surface area (Å²) in [6, 6.07) is 1.29. The monoisotopic (exact) mass is 296 g/mol. The lowest BCUT2D eigenvalue weighted by Gasteiger charge is -2.41. The van der Waals surface area contributed by atoms with Crippen LogP contribution < -0.4 is 10.6 Å². The first-order chi connectivity index (χ1) is 9.98. The summed E-state index contributed by atoms with van der Waals surface area (Å²) in [6.45, 7) is 8.28. The summed E-state index contributed by atoms with van der Waals surface area (Å²) in [5, 5.41) is 18.0. The van der Waals surface area contributed by atoms with Crippen molar-refractivity contribution in [2.45, 2.75) is 89.8 Å². The SMILES string of the molecule is CC(C)CC(C)(O)CNC1CCCCC1C1CCCCN1. The van der Waals surface area contributed by atoms with Crippen molar-refractivity contribution in [1.29, 1.82) is 0 Å². The van der Waals surface area contributed by atoms with E-state index in [0.717, 1.165) is 18.9 Å². The molecule has 124 valence electrons. The van der Waals surface area contributed by atoms with E-state index in [1.54, 1.807) is 0 Å². The van der Waals surface area contributed by atoms with Crippen LogP contribution in [0.3, 0.4) is 0 Å². The highest BCUT2D eigenvalue weighted by Crippen LogP contribution is 2.31. The largest absolute Gasteiger partial charge is 0.389 e. The molecule has 3 N–H and O–H groups in total. The van der Waals surface area contributed by atoms with E-state index < -0.39 is 5.60 Å². The minimum absolute atomic E-state index is 0.545. The van der Waals surface area contributed by atoms with Crippen LogP contribution in [0.25, 0.3) is 0 Å². The summed E-state index contributed by atoms with van der Waals surface area (Å²) in [7, 11) is 0. The number of aliphatic hydroxyl groups is 1. The van der Waals surface area contributed by atoms with Gasteiger partial charge in [-0.3, -0.25) is 0 Å². The van der Waals surface area contributed by atoms with Gasteiger partial charge in [-0.05, 0) is 57.4 Å². The molecular formula is C18H36N2O. The Bertz CT molecular complexity index is 298. The fourth-order valence-electron chi connectivity index (χ4n) is 4.44. The van der Waals surface area contributed by atoms with Crippen LogP contribution in [0, 0.1) is 11.8 Å². The summed E-state index contributed by atoms with van der Waals surface area (Å²) >= 11 is 0. The van der Waals surface area contributed by atoms with E-state index in [9.17, 15) is 5.11 Å². The van der Waals surface area contributed by atoms with E-state index in [4.69, 9.17) is 0 Å². The first-order valence-corrected chi connectivity index (χ1v) is 9.17. The number of rotatable bonds is 6. The Labute approximate surface area is 131 Å². The molecule has 0 aromatic carbocycles. The van der Waals surface area contributed by atoms with Crippen LogP contribution in [0.15, 0.2) is 0 Å². The third kappa shape index (κ3) is 5.54. The summed E-state index contributed by atoms with van der Waals surface area (Å²) in [5.74, 6) is 1.30. The average Bonchev–Trinajstić information content (AvgIpc) is 2.45. The molecule has 1 heterocycles. The molecule has 2 aliphatic rings. The molecule has 2 rings (SSSR count). The summed E-state index contributed by atoms with van der Waals surface area (Å²) < 4.78 is 0. The molecule has 0 amide bonds. The van der Waals surface area contributed by atoms with Crippen molar-refractivity contribution < 1.29 is 5.11 Å². The molecule has 1 aliphatic heterocycles. The van der Waals surface area contributed by atoms with Crippen molar-refractivity contribution in [2.75, 3.05) is 13.1 Å². The van der Waals surface area contributed by atoms with Gasteiger partial charge in [-0.2, -0.15) is 0 Å². The topological polar surface area (TPSA) is 44.3 Å². The fraction of sp³-hybridized carbons (Fsp3) is 1.00. The van der Waals surface area contributed by atoms with Crippen molar-refractivity contribution in [2.24, 2.45) is 11.8 Å². The average molecular weight is 296 g/mol. The van der Waals surface area contributed by atoms with E-state index in [1.807, 2.05) is 6.92 Å². The van der Waals surface area contributed by atoms with Gasteiger partial charge in [0.25, 0.3) is 0 Å². The normalized spacial score (nSPS) is 33.9. The molecule has 3 nitrogen and oxygen atoms in total. The van der Waals surface area contributed by atoms with Crippen molar-refractivity contribution >= 4 is 0 Å². The van der Waals surface area contributed by atoms with Crippen LogP contribution in [0.2, 0.25) is 0 Å². The van der Waals surface area contributed by atoms with Gasteiger partial charge in [0.05, 0.1) is 5.60 Å². The Kier molecular flexibility index (Phi) is 6.51. The molecule has 0 aromatic rings. The first-order valence-electron chi connectivity index (χ1n) is 9.17. The van der Waals surface area contributed by atoms with Crippen LogP contribution in [0.1, 0.15) is 72.1 Å². The lowest BCUT2D eigenvalue weighted by atomic mass is 9.77. The molecule has 1 saturated carbocycles. The quantitative estimate of drug-likeness (QED) is 0.706. The highest BCUT2D eigenvalue weighted by Gasteiger charge is 2.33. The van der Waals surface area contributed by atoms with E-state index in [-0.39, 0.29) is 0 Å².